The maximum atomic E-state index is 12.6. The number of hydrogen-bond donors (Lipinski definition) is 1. The summed E-state index contributed by atoms with van der Waals surface area (Å²) < 4.78 is 26.6. The molecule has 5 nitrogen and oxygen atoms in total. The molecule has 2 rings (SSSR count). The van der Waals surface area contributed by atoms with Gasteiger partial charge in [-0.05, 0) is 24.3 Å². The largest absolute Gasteiger partial charge is 0.388 e. The first-order chi connectivity index (χ1) is 8.94. The van der Waals surface area contributed by atoms with Crippen molar-refractivity contribution >= 4 is 39.0 Å². The summed E-state index contributed by atoms with van der Waals surface area (Å²) in [6.45, 7) is 0. The third kappa shape index (κ3) is 2.91. The van der Waals surface area contributed by atoms with E-state index in [1.807, 2.05) is 0 Å². The number of aromatic nitrogens is 1. The van der Waals surface area contributed by atoms with Gasteiger partial charge in [0, 0.05) is 25.0 Å². The van der Waals surface area contributed by atoms with Crippen LogP contribution in [0, 0.1) is 0 Å². The molecule has 0 spiro atoms. The standard InChI is InChI=1S/C11H15N3O2S3/c1-14(8-4-6-18-7-8)19(15,16)9-3-2-5-13-10(9)11(12)17/h2-3,5,8H,4,6-7H2,1H3,(H2,12,17). The Kier molecular flexibility index (Phi) is 4.44. The molecule has 104 valence electrons. The normalized spacial score (nSPS) is 19.8. The number of nitrogens with zero attached hydrogens (tertiary/aromatic N) is 2. The van der Waals surface area contributed by atoms with Gasteiger partial charge in [0.1, 0.15) is 15.6 Å². The van der Waals surface area contributed by atoms with Crippen molar-refractivity contribution in [2.75, 3.05) is 18.6 Å². The van der Waals surface area contributed by atoms with E-state index in [0.717, 1.165) is 17.9 Å². The Morgan fingerprint density at radius 1 is 1.63 bits per heavy atom. The van der Waals surface area contributed by atoms with Gasteiger partial charge < -0.3 is 5.73 Å². The number of rotatable bonds is 4. The van der Waals surface area contributed by atoms with Gasteiger partial charge in [-0.2, -0.15) is 16.1 Å². The number of pyridine rings is 1. The molecule has 2 N–H and O–H groups in total. The molecule has 0 radical (unpaired) electrons. The van der Waals surface area contributed by atoms with Gasteiger partial charge in [-0.15, -0.1) is 0 Å². The lowest BCUT2D eigenvalue weighted by atomic mass is 10.3. The fourth-order valence-corrected chi connectivity index (χ4v) is 5.07. The second-order valence-corrected chi connectivity index (χ2v) is 7.81. The molecule has 0 aromatic carbocycles. The number of hydrogen-bond acceptors (Lipinski definition) is 5. The molecule has 1 saturated heterocycles. The topological polar surface area (TPSA) is 76.3 Å². The quantitative estimate of drug-likeness (QED) is 0.830. The molecule has 0 saturated carbocycles. The Balaban J connectivity index is 2.41. The van der Waals surface area contributed by atoms with Gasteiger partial charge in [0.05, 0.1) is 0 Å². The maximum absolute atomic E-state index is 12.6. The average molecular weight is 317 g/mol. The zero-order chi connectivity index (χ0) is 14.0. The molecule has 1 fully saturated rings. The van der Waals surface area contributed by atoms with Crippen LogP contribution in [0.3, 0.4) is 0 Å². The number of thiocarbonyl (C=S) groups is 1. The van der Waals surface area contributed by atoms with Crippen molar-refractivity contribution < 1.29 is 8.42 Å². The SMILES string of the molecule is CN(C1CCSC1)S(=O)(=O)c1cccnc1C(N)=S. The summed E-state index contributed by atoms with van der Waals surface area (Å²) in [6, 6.07) is 3.09. The second kappa shape index (κ2) is 5.74. The molecule has 1 aromatic rings. The van der Waals surface area contributed by atoms with Crippen LogP contribution >= 0.6 is 24.0 Å². The third-order valence-corrected chi connectivity index (χ3v) is 6.36. The zero-order valence-electron chi connectivity index (χ0n) is 10.4. The van der Waals surface area contributed by atoms with E-state index in [1.165, 1.54) is 16.6 Å². The van der Waals surface area contributed by atoms with Crippen LogP contribution in [-0.4, -0.2) is 47.3 Å². The van der Waals surface area contributed by atoms with Crippen molar-refractivity contribution in [3.05, 3.63) is 24.0 Å². The van der Waals surface area contributed by atoms with Crippen molar-refractivity contribution in [1.29, 1.82) is 0 Å². The predicted octanol–water partition coefficient (Wildman–Crippen LogP) is 0.842. The highest BCUT2D eigenvalue weighted by Gasteiger charge is 2.32. The summed E-state index contributed by atoms with van der Waals surface area (Å²) in [7, 11) is -2.01. The molecule has 0 amide bonds. The highest BCUT2D eigenvalue weighted by Crippen LogP contribution is 2.27. The van der Waals surface area contributed by atoms with E-state index < -0.39 is 10.0 Å². The van der Waals surface area contributed by atoms with Gasteiger partial charge in [-0.3, -0.25) is 4.98 Å². The van der Waals surface area contributed by atoms with Gasteiger partial charge in [0.15, 0.2) is 0 Å². The Bertz CT molecular complexity index is 583. The molecule has 2 heterocycles. The summed E-state index contributed by atoms with van der Waals surface area (Å²) in [5, 5.41) is 0. The first-order valence-corrected chi connectivity index (χ1v) is 8.75. The van der Waals surface area contributed by atoms with E-state index in [4.69, 9.17) is 18.0 Å². The monoisotopic (exact) mass is 317 g/mol. The average Bonchev–Trinajstić information content (AvgIpc) is 2.91. The Hall–Kier alpha value is -0.700. The lowest BCUT2D eigenvalue weighted by molar-refractivity contribution is 0.394. The fraction of sp³-hybridized carbons (Fsp3) is 0.455. The maximum Gasteiger partial charge on any atom is 0.245 e. The molecule has 0 bridgehead atoms. The lowest BCUT2D eigenvalue weighted by Crippen LogP contribution is -2.38. The van der Waals surface area contributed by atoms with Crippen LogP contribution < -0.4 is 5.73 Å². The predicted molar refractivity (Wildman–Crippen MR) is 80.8 cm³/mol. The van der Waals surface area contributed by atoms with Crippen LogP contribution in [0.25, 0.3) is 0 Å². The highest BCUT2D eigenvalue weighted by molar-refractivity contribution is 7.99. The highest BCUT2D eigenvalue weighted by atomic mass is 32.2. The van der Waals surface area contributed by atoms with Crippen LogP contribution in [0.2, 0.25) is 0 Å². The van der Waals surface area contributed by atoms with Gasteiger partial charge in [0.25, 0.3) is 0 Å². The molecule has 8 heteroatoms. The number of thioether (sulfide) groups is 1. The number of sulfonamides is 1. The van der Waals surface area contributed by atoms with Crippen molar-refractivity contribution in [3.8, 4) is 0 Å². The van der Waals surface area contributed by atoms with E-state index in [0.29, 0.717) is 0 Å². The minimum Gasteiger partial charge on any atom is -0.388 e. The van der Waals surface area contributed by atoms with Crippen molar-refractivity contribution in [1.82, 2.24) is 9.29 Å². The van der Waals surface area contributed by atoms with Crippen molar-refractivity contribution in [3.63, 3.8) is 0 Å². The van der Waals surface area contributed by atoms with E-state index >= 15 is 0 Å². The smallest absolute Gasteiger partial charge is 0.245 e. The van der Waals surface area contributed by atoms with E-state index in [9.17, 15) is 8.42 Å². The zero-order valence-corrected chi connectivity index (χ0v) is 12.9. The summed E-state index contributed by atoms with van der Waals surface area (Å²) in [4.78, 5) is 4.06. The van der Waals surface area contributed by atoms with E-state index in [2.05, 4.69) is 4.98 Å². The first kappa shape index (κ1) is 14.7. The number of nitrogens with two attached hydrogens (primary N) is 1. The minimum atomic E-state index is -3.61. The summed E-state index contributed by atoms with van der Waals surface area (Å²) in [5.41, 5.74) is 5.71. The van der Waals surface area contributed by atoms with Crippen molar-refractivity contribution in [2.24, 2.45) is 5.73 Å². The third-order valence-electron chi connectivity index (χ3n) is 3.08. The molecule has 1 aliphatic heterocycles. The lowest BCUT2D eigenvalue weighted by Gasteiger charge is -2.23. The van der Waals surface area contributed by atoms with E-state index in [1.54, 1.807) is 24.9 Å². The molecule has 1 unspecified atom stereocenters. The van der Waals surface area contributed by atoms with Crippen molar-refractivity contribution in [2.45, 2.75) is 17.4 Å². The molecule has 1 aromatic heterocycles. The Labute approximate surface area is 122 Å². The fourth-order valence-electron chi connectivity index (χ4n) is 1.94. The molecule has 1 aliphatic rings. The van der Waals surface area contributed by atoms with Gasteiger partial charge in [-0.25, -0.2) is 8.42 Å². The molecule has 19 heavy (non-hydrogen) atoms. The van der Waals surface area contributed by atoms with Crippen LogP contribution in [0.15, 0.2) is 23.2 Å². The van der Waals surface area contributed by atoms with Crippen LogP contribution in [0.1, 0.15) is 12.1 Å². The molecule has 1 atom stereocenters. The van der Waals surface area contributed by atoms with E-state index in [-0.39, 0.29) is 21.6 Å². The summed E-state index contributed by atoms with van der Waals surface area (Å²) in [6.07, 6.45) is 2.35. The van der Waals surface area contributed by atoms with Crippen LogP contribution in [0.4, 0.5) is 0 Å². The molecule has 0 aliphatic carbocycles. The van der Waals surface area contributed by atoms with Gasteiger partial charge in [-0.1, -0.05) is 12.2 Å². The Morgan fingerprint density at radius 3 is 2.95 bits per heavy atom. The Morgan fingerprint density at radius 2 is 2.37 bits per heavy atom. The molecular formula is C11H15N3O2S3. The summed E-state index contributed by atoms with van der Waals surface area (Å²) >= 11 is 6.63. The molecular weight excluding hydrogens is 302 g/mol. The van der Waals surface area contributed by atoms with Gasteiger partial charge in [0.2, 0.25) is 10.0 Å². The first-order valence-electron chi connectivity index (χ1n) is 5.75. The minimum absolute atomic E-state index is 0.00614. The summed E-state index contributed by atoms with van der Waals surface area (Å²) in [5.74, 6) is 1.80. The van der Waals surface area contributed by atoms with Gasteiger partial charge >= 0.3 is 0 Å². The van der Waals surface area contributed by atoms with Crippen LogP contribution in [-0.2, 0) is 10.0 Å². The van der Waals surface area contributed by atoms with Crippen LogP contribution in [0.5, 0.6) is 0 Å². The second-order valence-electron chi connectivity index (χ2n) is 4.25.